The van der Waals surface area contributed by atoms with Crippen molar-refractivity contribution in [2.45, 2.75) is 0 Å². The monoisotopic (exact) mass is 518 g/mol. The van der Waals surface area contributed by atoms with Gasteiger partial charge in [-0.05, 0) is 77.9 Å². The first kappa shape index (κ1) is 26.4. The molecular weight excluding hydrogens is 496 g/mol. The van der Waals surface area contributed by atoms with E-state index in [4.69, 9.17) is 0 Å². The second-order valence-electron chi connectivity index (χ2n) is 8.24. The summed E-state index contributed by atoms with van der Waals surface area (Å²) in [4.78, 5) is 52.7. The van der Waals surface area contributed by atoms with Crippen molar-refractivity contribution < 1.29 is 19.3 Å². The summed E-state index contributed by atoms with van der Waals surface area (Å²) in [5.74, 6) is -1.28. The number of hydrogen-bond acceptors (Lipinski definition) is 6. The van der Waals surface area contributed by atoms with Gasteiger partial charge < -0.3 is 10.6 Å². The molecule has 0 saturated heterocycles. The van der Waals surface area contributed by atoms with Crippen molar-refractivity contribution in [2.24, 2.45) is 0 Å². The molecule has 0 unspecified atom stereocenters. The van der Waals surface area contributed by atoms with Crippen molar-refractivity contribution in [3.63, 3.8) is 0 Å². The van der Waals surface area contributed by atoms with E-state index in [2.05, 4.69) is 15.6 Å². The van der Waals surface area contributed by atoms with Crippen molar-refractivity contribution in [1.82, 2.24) is 10.3 Å². The molecule has 0 atom stereocenters. The molecule has 0 saturated carbocycles. The number of benzene rings is 3. The van der Waals surface area contributed by atoms with Gasteiger partial charge in [-0.1, -0.05) is 30.3 Å². The first-order chi connectivity index (χ1) is 18.9. The van der Waals surface area contributed by atoms with Crippen molar-refractivity contribution in [3.8, 4) is 0 Å². The average Bonchev–Trinajstić information content (AvgIpc) is 2.97. The maximum Gasteiger partial charge on any atom is 0.272 e. The molecule has 0 spiro atoms. The first-order valence-corrected chi connectivity index (χ1v) is 11.8. The van der Waals surface area contributed by atoms with Gasteiger partial charge in [-0.15, -0.1) is 0 Å². The van der Waals surface area contributed by atoms with Gasteiger partial charge in [0.1, 0.15) is 5.70 Å². The molecule has 192 valence electrons. The molecule has 0 aliphatic rings. The summed E-state index contributed by atoms with van der Waals surface area (Å²) in [6, 6.07) is 24.1. The van der Waals surface area contributed by atoms with E-state index in [0.29, 0.717) is 27.9 Å². The van der Waals surface area contributed by atoms with Gasteiger partial charge >= 0.3 is 0 Å². The summed E-state index contributed by atoms with van der Waals surface area (Å²) < 4.78 is 0. The number of nitro benzene ring substituents is 1. The third-order valence-electron chi connectivity index (χ3n) is 5.48. The van der Waals surface area contributed by atoms with Crippen LogP contribution in [0.5, 0.6) is 0 Å². The number of ketones is 1. The number of nitro groups is 1. The molecule has 0 fully saturated rings. The van der Waals surface area contributed by atoms with Crippen molar-refractivity contribution in [3.05, 3.63) is 148 Å². The number of nitrogens with zero attached hydrogens (tertiary/aromatic N) is 2. The summed E-state index contributed by atoms with van der Waals surface area (Å²) in [5, 5.41) is 16.2. The Morgan fingerprint density at radius 2 is 1.51 bits per heavy atom. The molecule has 9 heteroatoms. The summed E-state index contributed by atoms with van der Waals surface area (Å²) in [6.07, 6.45) is 7.61. The van der Waals surface area contributed by atoms with E-state index in [0.717, 1.165) is 0 Å². The summed E-state index contributed by atoms with van der Waals surface area (Å²) in [5.41, 5.74) is 2.45. The molecule has 2 N–H and O–H groups in total. The van der Waals surface area contributed by atoms with Gasteiger partial charge in [0, 0.05) is 41.3 Å². The lowest BCUT2D eigenvalue weighted by Gasteiger charge is -2.11. The number of carbonyl (C=O) groups is 3. The minimum absolute atomic E-state index is 0.0167. The molecule has 0 aliphatic carbocycles. The SMILES string of the molecule is O=C(Nc1ccc(C(=O)/C=C/c2ccc([N+](=O)[O-])cc2)cc1)/C(=C/c1cccnc1)NC(=O)c1ccccc1. The Labute approximate surface area is 223 Å². The number of amides is 2. The number of carbonyl (C=O) groups excluding carboxylic acids is 3. The maximum atomic E-state index is 13.1. The fraction of sp³-hybridized carbons (Fsp3) is 0. The lowest BCUT2D eigenvalue weighted by molar-refractivity contribution is -0.384. The average molecular weight is 519 g/mol. The van der Waals surface area contributed by atoms with Crippen LogP contribution in [-0.4, -0.2) is 27.5 Å². The predicted octanol–water partition coefficient (Wildman–Crippen LogP) is 5.30. The van der Waals surface area contributed by atoms with Crippen LogP contribution in [0.15, 0.2) is 115 Å². The number of pyridine rings is 1. The molecule has 39 heavy (non-hydrogen) atoms. The number of aromatic nitrogens is 1. The van der Waals surface area contributed by atoms with Crippen LogP contribution in [0, 0.1) is 10.1 Å². The number of nitrogens with one attached hydrogen (secondary N) is 2. The highest BCUT2D eigenvalue weighted by Crippen LogP contribution is 2.16. The normalized spacial score (nSPS) is 11.1. The molecule has 9 nitrogen and oxygen atoms in total. The van der Waals surface area contributed by atoms with Gasteiger partial charge in [0.15, 0.2) is 5.78 Å². The first-order valence-electron chi connectivity index (χ1n) is 11.8. The second kappa shape index (κ2) is 12.5. The van der Waals surface area contributed by atoms with Crippen LogP contribution in [0.25, 0.3) is 12.2 Å². The lowest BCUT2D eigenvalue weighted by Crippen LogP contribution is -2.30. The Hall–Kier alpha value is -5.70. The van der Waals surface area contributed by atoms with Crippen molar-refractivity contribution in [2.75, 3.05) is 5.32 Å². The van der Waals surface area contributed by atoms with E-state index in [1.165, 1.54) is 24.3 Å². The van der Waals surface area contributed by atoms with Gasteiger partial charge in [-0.2, -0.15) is 0 Å². The Morgan fingerprint density at radius 3 is 2.15 bits per heavy atom. The molecule has 1 heterocycles. The van der Waals surface area contributed by atoms with Crippen molar-refractivity contribution in [1.29, 1.82) is 0 Å². The summed E-state index contributed by atoms with van der Waals surface area (Å²) in [7, 11) is 0. The topological polar surface area (TPSA) is 131 Å². The predicted molar refractivity (Wildman–Crippen MR) is 148 cm³/mol. The lowest BCUT2D eigenvalue weighted by atomic mass is 10.1. The van der Waals surface area contributed by atoms with Gasteiger partial charge in [-0.25, -0.2) is 0 Å². The van der Waals surface area contributed by atoms with E-state index in [1.807, 2.05) is 0 Å². The maximum absolute atomic E-state index is 13.1. The fourth-order valence-electron chi connectivity index (χ4n) is 3.46. The molecule has 0 aliphatic heterocycles. The van der Waals surface area contributed by atoms with Gasteiger partial charge in [0.2, 0.25) is 0 Å². The van der Waals surface area contributed by atoms with Crippen LogP contribution in [0.3, 0.4) is 0 Å². The Bertz CT molecular complexity index is 1550. The minimum atomic E-state index is -0.555. The molecular formula is C30H22N4O5. The van der Waals surface area contributed by atoms with Crippen LogP contribution in [0.4, 0.5) is 11.4 Å². The van der Waals surface area contributed by atoms with E-state index in [9.17, 15) is 24.5 Å². The Morgan fingerprint density at radius 1 is 0.795 bits per heavy atom. The molecule has 4 aromatic rings. The number of rotatable bonds is 9. The van der Waals surface area contributed by atoms with E-state index < -0.39 is 16.7 Å². The minimum Gasteiger partial charge on any atom is -0.321 e. The zero-order valence-corrected chi connectivity index (χ0v) is 20.5. The molecule has 4 rings (SSSR count). The highest BCUT2D eigenvalue weighted by atomic mass is 16.6. The fourth-order valence-corrected chi connectivity index (χ4v) is 3.46. The molecule has 2 amide bonds. The molecule has 0 radical (unpaired) electrons. The van der Waals surface area contributed by atoms with Crippen LogP contribution in [0.2, 0.25) is 0 Å². The standard InChI is InChI=1S/C30H22N4O5/c35-28(17-10-21-8-15-26(16-9-21)34(38)39)23-11-13-25(14-12-23)32-30(37)27(19-22-5-4-18-31-20-22)33-29(36)24-6-2-1-3-7-24/h1-20H,(H,32,37)(H,33,36)/b17-10+,27-19-. The van der Waals surface area contributed by atoms with E-state index in [-0.39, 0.29) is 17.2 Å². The number of allylic oxidation sites excluding steroid dienone is 1. The highest BCUT2D eigenvalue weighted by Gasteiger charge is 2.15. The molecule has 1 aromatic heterocycles. The third kappa shape index (κ3) is 7.40. The van der Waals surface area contributed by atoms with Crippen LogP contribution < -0.4 is 10.6 Å². The zero-order chi connectivity index (χ0) is 27.6. The second-order valence-corrected chi connectivity index (χ2v) is 8.24. The Balaban J connectivity index is 1.45. The van der Waals surface area contributed by atoms with Crippen LogP contribution >= 0.6 is 0 Å². The van der Waals surface area contributed by atoms with Gasteiger partial charge in [-0.3, -0.25) is 29.5 Å². The number of anilines is 1. The quantitative estimate of drug-likeness (QED) is 0.134. The van der Waals surface area contributed by atoms with Crippen LogP contribution in [-0.2, 0) is 4.79 Å². The van der Waals surface area contributed by atoms with Gasteiger partial charge in [0.05, 0.1) is 4.92 Å². The number of hydrogen-bond donors (Lipinski definition) is 2. The zero-order valence-electron chi connectivity index (χ0n) is 20.5. The molecule has 0 bridgehead atoms. The van der Waals surface area contributed by atoms with Crippen molar-refractivity contribution >= 4 is 41.1 Å². The summed E-state index contributed by atoms with van der Waals surface area (Å²) in [6.45, 7) is 0. The molecule has 3 aromatic carbocycles. The largest absolute Gasteiger partial charge is 0.321 e. The summed E-state index contributed by atoms with van der Waals surface area (Å²) >= 11 is 0. The Kier molecular flexibility index (Phi) is 8.46. The third-order valence-corrected chi connectivity index (χ3v) is 5.48. The van der Waals surface area contributed by atoms with E-state index >= 15 is 0 Å². The smallest absolute Gasteiger partial charge is 0.272 e. The van der Waals surface area contributed by atoms with Gasteiger partial charge in [0.25, 0.3) is 17.5 Å². The number of non-ortho nitro benzene ring substituents is 1. The van der Waals surface area contributed by atoms with E-state index in [1.54, 1.807) is 97.3 Å². The van der Waals surface area contributed by atoms with Crippen LogP contribution in [0.1, 0.15) is 31.8 Å². The highest BCUT2D eigenvalue weighted by molar-refractivity contribution is 6.11.